The smallest absolute Gasteiger partial charge is 0.322 e. The van der Waals surface area contributed by atoms with Crippen LogP contribution in [0.15, 0.2) is 48.5 Å². The van der Waals surface area contributed by atoms with Gasteiger partial charge in [-0.1, -0.05) is 24.3 Å². The molecule has 0 aliphatic carbocycles. The largest absolute Gasteiger partial charge is 0.491 e. The monoisotopic (exact) mass is 383 g/mol. The van der Waals surface area contributed by atoms with Crippen LogP contribution < -0.4 is 15.0 Å². The minimum absolute atomic E-state index is 0.0778. The number of carbonyl (C=O) groups excluding carboxylic acids is 1. The molecule has 6 heteroatoms. The Labute approximate surface area is 167 Å². The van der Waals surface area contributed by atoms with Gasteiger partial charge < -0.3 is 24.6 Å². The molecule has 1 atom stereocenters. The van der Waals surface area contributed by atoms with E-state index in [1.165, 1.54) is 11.3 Å². The number of piperazine rings is 1. The van der Waals surface area contributed by atoms with Gasteiger partial charge in [-0.25, -0.2) is 4.79 Å². The predicted molar refractivity (Wildman–Crippen MR) is 112 cm³/mol. The van der Waals surface area contributed by atoms with Gasteiger partial charge in [0.2, 0.25) is 0 Å². The highest BCUT2D eigenvalue weighted by Gasteiger charge is 2.28. The van der Waals surface area contributed by atoms with Crippen LogP contribution in [0.1, 0.15) is 12.5 Å². The molecule has 0 saturated carbocycles. The van der Waals surface area contributed by atoms with Crippen molar-refractivity contribution >= 4 is 17.4 Å². The molecule has 0 spiro atoms. The topological polar surface area (TPSA) is 54.0 Å². The first-order valence-electron chi connectivity index (χ1n) is 9.68. The van der Waals surface area contributed by atoms with Crippen LogP contribution >= 0.6 is 0 Å². The van der Waals surface area contributed by atoms with Crippen LogP contribution in [0.4, 0.5) is 16.2 Å². The van der Waals surface area contributed by atoms with E-state index in [0.717, 1.165) is 18.8 Å². The van der Waals surface area contributed by atoms with Gasteiger partial charge in [0.15, 0.2) is 0 Å². The van der Waals surface area contributed by atoms with Crippen molar-refractivity contribution in [3.05, 3.63) is 54.1 Å². The molecule has 1 fully saturated rings. The zero-order valence-electron chi connectivity index (χ0n) is 16.9. The van der Waals surface area contributed by atoms with Crippen molar-refractivity contribution in [1.82, 2.24) is 4.90 Å². The van der Waals surface area contributed by atoms with Crippen molar-refractivity contribution in [2.75, 3.05) is 50.2 Å². The number of amides is 2. The summed E-state index contributed by atoms with van der Waals surface area (Å²) in [6.07, 6.45) is 0. The molecule has 28 heavy (non-hydrogen) atoms. The van der Waals surface area contributed by atoms with Crippen molar-refractivity contribution < 1.29 is 14.3 Å². The Balaban J connectivity index is 1.58. The minimum atomic E-state index is -0.0778. The third-order valence-corrected chi connectivity index (χ3v) is 4.99. The van der Waals surface area contributed by atoms with E-state index in [4.69, 9.17) is 9.47 Å². The summed E-state index contributed by atoms with van der Waals surface area (Å²) in [6, 6.07) is 15.9. The summed E-state index contributed by atoms with van der Waals surface area (Å²) in [4.78, 5) is 17.0. The lowest BCUT2D eigenvalue weighted by atomic mass is 10.1. The number of urea groups is 1. The van der Waals surface area contributed by atoms with Crippen LogP contribution in [-0.4, -0.2) is 56.9 Å². The molecule has 0 radical (unpaired) electrons. The number of carbonyl (C=O) groups is 1. The number of benzene rings is 2. The average Bonchev–Trinajstić information content (AvgIpc) is 2.69. The molecule has 1 N–H and O–H groups in total. The van der Waals surface area contributed by atoms with Gasteiger partial charge in [0, 0.05) is 50.2 Å². The minimum Gasteiger partial charge on any atom is -0.491 e. The van der Waals surface area contributed by atoms with Crippen LogP contribution in [0.2, 0.25) is 0 Å². The van der Waals surface area contributed by atoms with Gasteiger partial charge in [-0.15, -0.1) is 0 Å². The standard InChI is InChI=1S/C22H29N3O3/c1-17-7-4-5-10-21(17)24-11-12-25(18(2)16-24)22(26)23-19-8-6-9-20(15-19)28-14-13-27-3/h4-10,15,18H,11-14,16H2,1-3H3,(H,23,26)/t18-/m1/s1. The zero-order valence-corrected chi connectivity index (χ0v) is 16.9. The molecule has 150 valence electrons. The molecule has 2 aromatic rings. The number of nitrogens with one attached hydrogen (secondary N) is 1. The van der Waals surface area contributed by atoms with Gasteiger partial charge >= 0.3 is 6.03 Å². The molecular weight excluding hydrogens is 354 g/mol. The molecule has 0 unspecified atom stereocenters. The molecule has 0 aromatic heterocycles. The highest BCUT2D eigenvalue weighted by Crippen LogP contribution is 2.24. The summed E-state index contributed by atoms with van der Waals surface area (Å²) in [5.41, 5.74) is 3.24. The molecule has 1 aliphatic rings. The van der Waals surface area contributed by atoms with Crippen molar-refractivity contribution in [3.8, 4) is 5.75 Å². The third-order valence-electron chi connectivity index (χ3n) is 4.99. The van der Waals surface area contributed by atoms with Gasteiger partial charge in [-0.2, -0.15) is 0 Å². The van der Waals surface area contributed by atoms with Gasteiger partial charge in [0.25, 0.3) is 0 Å². The Bertz CT molecular complexity index is 796. The van der Waals surface area contributed by atoms with Crippen LogP contribution in [-0.2, 0) is 4.74 Å². The molecule has 2 amide bonds. The van der Waals surface area contributed by atoms with E-state index in [0.29, 0.717) is 25.5 Å². The fourth-order valence-electron chi connectivity index (χ4n) is 3.50. The molecular formula is C22H29N3O3. The fraction of sp³-hybridized carbons (Fsp3) is 0.409. The van der Waals surface area contributed by atoms with Gasteiger partial charge in [-0.05, 0) is 37.6 Å². The van der Waals surface area contributed by atoms with Crippen LogP contribution in [0, 0.1) is 6.92 Å². The number of nitrogens with zero attached hydrogens (tertiary/aromatic N) is 2. The summed E-state index contributed by atoms with van der Waals surface area (Å²) in [5, 5.41) is 3.00. The predicted octanol–water partition coefficient (Wildman–Crippen LogP) is 3.76. The highest BCUT2D eigenvalue weighted by molar-refractivity contribution is 5.90. The van der Waals surface area contributed by atoms with Crippen molar-refractivity contribution in [2.45, 2.75) is 19.9 Å². The molecule has 1 heterocycles. The summed E-state index contributed by atoms with van der Waals surface area (Å²) >= 11 is 0. The number of methoxy groups -OCH3 is 1. The van der Waals surface area contributed by atoms with Gasteiger partial charge in [-0.3, -0.25) is 0 Å². The number of para-hydroxylation sites is 1. The van der Waals surface area contributed by atoms with E-state index < -0.39 is 0 Å². The number of anilines is 2. The second-order valence-electron chi connectivity index (χ2n) is 7.07. The van der Waals surface area contributed by atoms with E-state index in [1.807, 2.05) is 29.2 Å². The van der Waals surface area contributed by atoms with E-state index in [2.05, 4.69) is 48.3 Å². The van der Waals surface area contributed by atoms with Gasteiger partial charge in [0.05, 0.1) is 6.61 Å². The van der Waals surface area contributed by atoms with E-state index >= 15 is 0 Å². The third kappa shape index (κ3) is 4.95. The lowest BCUT2D eigenvalue weighted by Crippen LogP contribution is -2.55. The van der Waals surface area contributed by atoms with Crippen LogP contribution in [0.3, 0.4) is 0 Å². The first kappa shape index (κ1) is 20.0. The number of rotatable bonds is 6. The van der Waals surface area contributed by atoms with Crippen molar-refractivity contribution in [1.29, 1.82) is 0 Å². The van der Waals surface area contributed by atoms with Crippen LogP contribution in [0.5, 0.6) is 5.75 Å². The molecule has 3 rings (SSSR count). The summed E-state index contributed by atoms with van der Waals surface area (Å²) < 4.78 is 10.6. The highest BCUT2D eigenvalue weighted by atomic mass is 16.5. The Hall–Kier alpha value is -2.73. The summed E-state index contributed by atoms with van der Waals surface area (Å²) in [5.74, 6) is 0.715. The average molecular weight is 383 g/mol. The Morgan fingerprint density at radius 2 is 1.96 bits per heavy atom. The number of hydrogen-bond donors (Lipinski definition) is 1. The fourth-order valence-corrected chi connectivity index (χ4v) is 3.50. The maximum atomic E-state index is 12.8. The second-order valence-corrected chi connectivity index (χ2v) is 7.07. The van der Waals surface area contributed by atoms with E-state index in [-0.39, 0.29) is 12.1 Å². The van der Waals surface area contributed by atoms with Gasteiger partial charge in [0.1, 0.15) is 12.4 Å². The Morgan fingerprint density at radius 1 is 1.14 bits per heavy atom. The SMILES string of the molecule is COCCOc1cccc(NC(=O)N2CCN(c3ccccc3C)C[C@H]2C)c1. The number of hydrogen-bond acceptors (Lipinski definition) is 4. The molecule has 6 nitrogen and oxygen atoms in total. The quantitative estimate of drug-likeness (QED) is 0.772. The molecule has 2 aromatic carbocycles. The second kappa shape index (κ2) is 9.46. The number of ether oxygens (including phenoxy) is 2. The normalized spacial score (nSPS) is 16.8. The number of aryl methyl sites for hydroxylation is 1. The molecule has 0 bridgehead atoms. The Morgan fingerprint density at radius 3 is 2.71 bits per heavy atom. The zero-order chi connectivity index (χ0) is 19.9. The van der Waals surface area contributed by atoms with E-state index in [9.17, 15) is 4.79 Å². The first-order valence-corrected chi connectivity index (χ1v) is 9.68. The van der Waals surface area contributed by atoms with E-state index in [1.54, 1.807) is 7.11 Å². The molecule has 1 saturated heterocycles. The lowest BCUT2D eigenvalue weighted by molar-refractivity contribution is 0.146. The van der Waals surface area contributed by atoms with Crippen LogP contribution in [0.25, 0.3) is 0 Å². The van der Waals surface area contributed by atoms with Crippen molar-refractivity contribution in [3.63, 3.8) is 0 Å². The lowest BCUT2D eigenvalue weighted by Gasteiger charge is -2.41. The summed E-state index contributed by atoms with van der Waals surface area (Å²) in [7, 11) is 1.64. The first-order chi connectivity index (χ1) is 13.6. The Kier molecular flexibility index (Phi) is 6.76. The van der Waals surface area contributed by atoms with Crippen molar-refractivity contribution in [2.24, 2.45) is 0 Å². The maximum absolute atomic E-state index is 12.8. The molecule has 1 aliphatic heterocycles. The maximum Gasteiger partial charge on any atom is 0.322 e. The summed E-state index contributed by atoms with van der Waals surface area (Å²) in [6.45, 7) is 7.55.